The SMILES string of the molecule is NCc1cnc(OC(F)(F)F)c(O)c1Br. The van der Waals surface area contributed by atoms with Gasteiger partial charge in [0.1, 0.15) is 0 Å². The Morgan fingerprint density at radius 1 is 1.53 bits per heavy atom. The Kier molecular flexibility index (Phi) is 3.40. The average Bonchev–Trinajstić information content (AvgIpc) is 2.11. The third-order valence-corrected chi connectivity index (χ3v) is 2.35. The molecule has 3 N–H and O–H groups in total. The van der Waals surface area contributed by atoms with Crippen LogP contribution < -0.4 is 10.5 Å². The van der Waals surface area contributed by atoms with Gasteiger partial charge in [0.15, 0.2) is 5.75 Å². The largest absolute Gasteiger partial charge is 0.574 e. The number of nitrogens with two attached hydrogens (primary N) is 1. The van der Waals surface area contributed by atoms with Crippen LogP contribution in [0.3, 0.4) is 0 Å². The summed E-state index contributed by atoms with van der Waals surface area (Å²) in [5.41, 5.74) is 5.63. The number of hydrogen-bond donors (Lipinski definition) is 2. The van der Waals surface area contributed by atoms with Crippen molar-refractivity contribution < 1.29 is 23.0 Å². The summed E-state index contributed by atoms with van der Waals surface area (Å²) in [5, 5.41) is 9.28. The first-order valence-electron chi connectivity index (χ1n) is 3.67. The first-order chi connectivity index (χ1) is 6.85. The van der Waals surface area contributed by atoms with Crippen molar-refractivity contribution in [3.63, 3.8) is 0 Å². The Labute approximate surface area is 91.0 Å². The third kappa shape index (κ3) is 2.96. The summed E-state index contributed by atoms with van der Waals surface area (Å²) in [6.07, 6.45) is -3.81. The van der Waals surface area contributed by atoms with E-state index in [4.69, 9.17) is 5.73 Å². The van der Waals surface area contributed by atoms with Crippen molar-refractivity contribution in [2.24, 2.45) is 5.73 Å². The van der Waals surface area contributed by atoms with Gasteiger partial charge < -0.3 is 15.6 Å². The molecule has 0 aliphatic rings. The molecule has 0 saturated heterocycles. The molecule has 0 saturated carbocycles. The van der Waals surface area contributed by atoms with Crippen LogP contribution in [0.15, 0.2) is 10.7 Å². The van der Waals surface area contributed by atoms with E-state index in [1.54, 1.807) is 0 Å². The summed E-state index contributed by atoms with van der Waals surface area (Å²) in [6, 6.07) is 0. The molecule has 1 aromatic rings. The minimum Gasteiger partial charge on any atom is -0.502 e. The zero-order valence-corrected chi connectivity index (χ0v) is 8.76. The number of halogens is 4. The van der Waals surface area contributed by atoms with Gasteiger partial charge in [-0.25, -0.2) is 4.98 Å². The van der Waals surface area contributed by atoms with Gasteiger partial charge in [0, 0.05) is 18.3 Å². The predicted molar refractivity (Wildman–Crippen MR) is 48.2 cm³/mol. The second kappa shape index (κ2) is 4.23. The van der Waals surface area contributed by atoms with Crippen LogP contribution in [0.1, 0.15) is 5.56 Å². The van der Waals surface area contributed by atoms with E-state index in [9.17, 15) is 18.3 Å². The lowest BCUT2D eigenvalue weighted by atomic mass is 10.3. The number of ether oxygens (including phenoxy) is 1. The standard InChI is InChI=1S/C7H6BrF3N2O2/c8-4-3(1-12)2-13-6(5(4)14)15-7(9,10)11/h2,14H,1,12H2. The maximum atomic E-state index is 11.8. The number of rotatable bonds is 2. The molecule has 0 aliphatic heterocycles. The highest BCUT2D eigenvalue weighted by atomic mass is 79.9. The van der Waals surface area contributed by atoms with Crippen LogP contribution >= 0.6 is 15.9 Å². The fourth-order valence-electron chi connectivity index (χ4n) is 0.827. The molecule has 8 heteroatoms. The van der Waals surface area contributed by atoms with E-state index in [0.717, 1.165) is 6.20 Å². The summed E-state index contributed by atoms with van der Waals surface area (Å²) in [4.78, 5) is 3.29. The van der Waals surface area contributed by atoms with E-state index < -0.39 is 18.0 Å². The van der Waals surface area contributed by atoms with Gasteiger partial charge in [-0.3, -0.25) is 0 Å². The zero-order valence-electron chi connectivity index (χ0n) is 7.18. The maximum Gasteiger partial charge on any atom is 0.574 e. The predicted octanol–water partition coefficient (Wildman–Crippen LogP) is 1.91. The van der Waals surface area contributed by atoms with Crippen molar-refractivity contribution in [2.45, 2.75) is 12.9 Å². The Morgan fingerprint density at radius 2 is 2.13 bits per heavy atom. The molecule has 0 atom stereocenters. The van der Waals surface area contributed by atoms with Gasteiger partial charge in [0.05, 0.1) is 4.47 Å². The molecule has 0 unspecified atom stereocenters. The fourth-order valence-corrected chi connectivity index (χ4v) is 1.26. The van der Waals surface area contributed by atoms with E-state index in [-0.39, 0.29) is 11.0 Å². The lowest BCUT2D eigenvalue weighted by molar-refractivity contribution is -0.276. The van der Waals surface area contributed by atoms with Crippen molar-refractivity contribution in [1.82, 2.24) is 4.98 Å². The fraction of sp³-hybridized carbons (Fsp3) is 0.286. The van der Waals surface area contributed by atoms with Crippen molar-refractivity contribution in [2.75, 3.05) is 0 Å². The van der Waals surface area contributed by atoms with E-state index >= 15 is 0 Å². The monoisotopic (exact) mass is 286 g/mol. The lowest BCUT2D eigenvalue weighted by Gasteiger charge is -2.11. The van der Waals surface area contributed by atoms with E-state index in [2.05, 4.69) is 25.7 Å². The molecule has 4 nitrogen and oxygen atoms in total. The molecule has 0 spiro atoms. The van der Waals surface area contributed by atoms with Gasteiger partial charge in [-0.05, 0) is 15.9 Å². The Bertz CT molecular complexity index is 370. The zero-order chi connectivity index (χ0) is 11.6. The van der Waals surface area contributed by atoms with Gasteiger partial charge in [-0.2, -0.15) is 0 Å². The highest BCUT2D eigenvalue weighted by Gasteiger charge is 2.33. The minimum atomic E-state index is -4.89. The number of hydrogen-bond acceptors (Lipinski definition) is 4. The molecule has 0 fully saturated rings. The summed E-state index contributed by atoms with van der Waals surface area (Å²) in [6.45, 7) is 0.0352. The van der Waals surface area contributed by atoms with Crippen LogP contribution in [0.5, 0.6) is 11.6 Å². The lowest BCUT2D eigenvalue weighted by Crippen LogP contribution is -2.18. The molecule has 84 valence electrons. The molecule has 0 amide bonds. The summed E-state index contributed by atoms with van der Waals surface area (Å²) in [7, 11) is 0. The van der Waals surface area contributed by atoms with E-state index in [1.165, 1.54) is 0 Å². The van der Waals surface area contributed by atoms with Gasteiger partial charge in [-0.15, -0.1) is 13.2 Å². The summed E-state index contributed by atoms with van der Waals surface area (Å²) >= 11 is 2.88. The number of nitrogens with zero attached hydrogens (tertiary/aromatic N) is 1. The Balaban J connectivity index is 3.07. The number of aromatic hydroxyl groups is 1. The van der Waals surface area contributed by atoms with Gasteiger partial charge in [0.25, 0.3) is 5.88 Å². The molecule has 1 rings (SSSR count). The first kappa shape index (κ1) is 12.1. The molecular formula is C7H6BrF3N2O2. The number of aromatic nitrogens is 1. The molecule has 1 aromatic heterocycles. The van der Waals surface area contributed by atoms with Crippen LogP contribution in [0, 0.1) is 0 Å². The number of pyridine rings is 1. The molecular weight excluding hydrogens is 281 g/mol. The van der Waals surface area contributed by atoms with Crippen molar-refractivity contribution in [1.29, 1.82) is 0 Å². The van der Waals surface area contributed by atoms with E-state index in [1.807, 2.05) is 0 Å². The highest BCUT2D eigenvalue weighted by molar-refractivity contribution is 9.10. The summed E-state index contributed by atoms with van der Waals surface area (Å²) < 4.78 is 39.0. The van der Waals surface area contributed by atoms with Crippen LogP contribution in [-0.4, -0.2) is 16.5 Å². The van der Waals surface area contributed by atoms with Gasteiger partial charge >= 0.3 is 6.36 Å². The highest BCUT2D eigenvalue weighted by Crippen LogP contribution is 2.36. The van der Waals surface area contributed by atoms with Crippen LogP contribution in [0.4, 0.5) is 13.2 Å². The minimum absolute atomic E-state index is 0.0352. The van der Waals surface area contributed by atoms with Crippen molar-refractivity contribution in [3.8, 4) is 11.6 Å². The van der Waals surface area contributed by atoms with Crippen molar-refractivity contribution >= 4 is 15.9 Å². The topological polar surface area (TPSA) is 68.4 Å². The summed E-state index contributed by atoms with van der Waals surface area (Å²) in [5.74, 6) is -1.64. The Hall–Kier alpha value is -1.02. The quantitative estimate of drug-likeness (QED) is 0.871. The number of alkyl halides is 3. The van der Waals surface area contributed by atoms with E-state index in [0.29, 0.717) is 5.56 Å². The van der Waals surface area contributed by atoms with Gasteiger partial charge in [-0.1, -0.05) is 0 Å². The molecule has 0 radical (unpaired) electrons. The molecule has 0 bridgehead atoms. The third-order valence-electron chi connectivity index (χ3n) is 1.46. The smallest absolute Gasteiger partial charge is 0.502 e. The molecule has 15 heavy (non-hydrogen) atoms. The van der Waals surface area contributed by atoms with Crippen LogP contribution in [-0.2, 0) is 6.54 Å². The normalized spacial score (nSPS) is 11.5. The first-order valence-corrected chi connectivity index (χ1v) is 4.46. The average molecular weight is 287 g/mol. The second-order valence-corrected chi connectivity index (χ2v) is 3.30. The van der Waals surface area contributed by atoms with Crippen LogP contribution in [0.25, 0.3) is 0 Å². The Morgan fingerprint density at radius 3 is 2.60 bits per heavy atom. The second-order valence-electron chi connectivity index (χ2n) is 2.50. The van der Waals surface area contributed by atoms with Crippen molar-refractivity contribution in [3.05, 3.63) is 16.2 Å². The molecule has 1 heterocycles. The van der Waals surface area contributed by atoms with Crippen LogP contribution in [0.2, 0.25) is 0 Å². The maximum absolute atomic E-state index is 11.8. The van der Waals surface area contributed by atoms with Gasteiger partial charge in [0.2, 0.25) is 0 Å². The molecule has 0 aliphatic carbocycles. The molecule has 0 aromatic carbocycles.